The first-order chi connectivity index (χ1) is 11.6. The number of fused-ring (bicyclic) bond motifs is 1. The van der Waals surface area contributed by atoms with Crippen molar-refractivity contribution in [3.05, 3.63) is 76.8 Å². The summed E-state index contributed by atoms with van der Waals surface area (Å²) in [6, 6.07) is 21.7. The van der Waals surface area contributed by atoms with Crippen LogP contribution in [0.15, 0.2) is 71.2 Å². The van der Waals surface area contributed by atoms with Crippen LogP contribution in [0.5, 0.6) is 5.75 Å². The topological polar surface area (TPSA) is 38.3 Å². The third-order valence-electron chi connectivity index (χ3n) is 3.86. The molecule has 0 saturated heterocycles. The molecule has 0 fully saturated rings. The van der Waals surface area contributed by atoms with Crippen molar-refractivity contribution in [1.82, 2.24) is 5.32 Å². The van der Waals surface area contributed by atoms with Gasteiger partial charge in [0.15, 0.2) is 6.61 Å². The summed E-state index contributed by atoms with van der Waals surface area (Å²) in [5, 5.41) is 5.13. The minimum absolute atomic E-state index is 0.0197. The zero-order chi connectivity index (χ0) is 16.9. The number of carbonyl (C=O) groups excluding carboxylic acids is 1. The summed E-state index contributed by atoms with van der Waals surface area (Å²) in [4.78, 5) is 12.1. The molecule has 3 rings (SSSR count). The van der Waals surface area contributed by atoms with Gasteiger partial charge < -0.3 is 10.1 Å². The minimum Gasteiger partial charge on any atom is -0.483 e. The fourth-order valence-electron chi connectivity index (χ4n) is 2.58. The van der Waals surface area contributed by atoms with Gasteiger partial charge in [0.05, 0.1) is 10.5 Å². The van der Waals surface area contributed by atoms with E-state index >= 15 is 0 Å². The Labute approximate surface area is 149 Å². The van der Waals surface area contributed by atoms with Gasteiger partial charge in [0.25, 0.3) is 5.91 Å². The molecule has 0 aliphatic heterocycles. The van der Waals surface area contributed by atoms with E-state index in [1.807, 2.05) is 73.7 Å². The van der Waals surface area contributed by atoms with Gasteiger partial charge in [0.1, 0.15) is 5.75 Å². The van der Waals surface area contributed by atoms with Crippen LogP contribution in [0.1, 0.15) is 18.5 Å². The Morgan fingerprint density at radius 2 is 1.75 bits per heavy atom. The summed E-state index contributed by atoms with van der Waals surface area (Å²) in [5.74, 6) is 0.516. The lowest BCUT2D eigenvalue weighted by Gasteiger charge is -2.15. The molecule has 0 saturated carbocycles. The second kappa shape index (κ2) is 7.49. The van der Waals surface area contributed by atoms with E-state index in [1.165, 1.54) is 0 Å². The standard InChI is InChI=1S/C20H18BrNO2/c1-14(15-7-3-2-4-8-15)22-19(23)13-24-18-12-11-16-9-5-6-10-17(16)20(18)21/h2-12,14H,13H2,1H3,(H,22,23). The summed E-state index contributed by atoms with van der Waals surface area (Å²) in [6.07, 6.45) is 0. The highest BCUT2D eigenvalue weighted by Crippen LogP contribution is 2.32. The summed E-state index contributed by atoms with van der Waals surface area (Å²) in [7, 11) is 0. The van der Waals surface area contributed by atoms with Crippen molar-refractivity contribution in [2.45, 2.75) is 13.0 Å². The van der Waals surface area contributed by atoms with Crippen molar-refractivity contribution in [2.24, 2.45) is 0 Å². The van der Waals surface area contributed by atoms with Crippen LogP contribution < -0.4 is 10.1 Å². The average Bonchev–Trinajstić information content (AvgIpc) is 2.62. The van der Waals surface area contributed by atoms with Gasteiger partial charge in [-0.1, -0.05) is 60.7 Å². The number of ether oxygens (including phenoxy) is 1. The third kappa shape index (κ3) is 3.77. The first kappa shape index (κ1) is 16.5. The van der Waals surface area contributed by atoms with Gasteiger partial charge in [-0.25, -0.2) is 0 Å². The smallest absolute Gasteiger partial charge is 0.258 e. The monoisotopic (exact) mass is 383 g/mol. The van der Waals surface area contributed by atoms with Crippen LogP contribution in [0.3, 0.4) is 0 Å². The quantitative estimate of drug-likeness (QED) is 0.683. The molecule has 0 aliphatic carbocycles. The second-order valence-corrected chi connectivity index (χ2v) is 6.38. The predicted molar refractivity (Wildman–Crippen MR) is 100 cm³/mol. The fraction of sp³-hybridized carbons (Fsp3) is 0.150. The Kier molecular flexibility index (Phi) is 5.16. The van der Waals surface area contributed by atoms with E-state index in [9.17, 15) is 4.79 Å². The van der Waals surface area contributed by atoms with Crippen molar-refractivity contribution in [3.8, 4) is 5.75 Å². The number of hydrogen-bond acceptors (Lipinski definition) is 2. The molecule has 4 heteroatoms. The van der Waals surface area contributed by atoms with E-state index < -0.39 is 0 Å². The summed E-state index contributed by atoms with van der Waals surface area (Å²) in [5.41, 5.74) is 1.07. The van der Waals surface area contributed by atoms with Crippen molar-refractivity contribution in [2.75, 3.05) is 6.61 Å². The van der Waals surface area contributed by atoms with Gasteiger partial charge in [-0.3, -0.25) is 4.79 Å². The molecule has 0 heterocycles. The van der Waals surface area contributed by atoms with Gasteiger partial charge in [-0.15, -0.1) is 0 Å². The van der Waals surface area contributed by atoms with Gasteiger partial charge in [0.2, 0.25) is 0 Å². The predicted octanol–water partition coefficient (Wildman–Crippen LogP) is 4.86. The Balaban J connectivity index is 1.63. The molecule has 3 aromatic rings. The molecule has 1 N–H and O–H groups in total. The van der Waals surface area contributed by atoms with Crippen LogP contribution in [0, 0.1) is 0 Å². The van der Waals surface area contributed by atoms with Gasteiger partial charge in [-0.2, -0.15) is 0 Å². The number of carbonyl (C=O) groups is 1. The maximum Gasteiger partial charge on any atom is 0.258 e. The summed E-state index contributed by atoms with van der Waals surface area (Å²) < 4.78 is 6.55. The van der Waals surface area contributed by atoms with Gasteiger partial charge in [-0.05, 0) is 45.3 Å². The zero-order valence-corrected chi connectivity index (χ0v) is 14.9. The number of amides is 1. The minimum atomic E-state index is -0.147. The third-order valence-corrected chi connectivity index (χ3v) is 4.68. The second-order valence-electron chi connectivity index (χ2n) is 5.59. The van der Waals surface area contributed by atoms with Crippen LogP contribution in [0.25, 0.3) is 10.8 Å². The number of nitrogens with one attached hydrogen (secondary N) is 1. The van der Waals surface area contributed by atoms with Crippen LogP contribution in [-0.2, 0) is 4.79 Å². The normalized spacial score (nSPS) is 11.9. The van der Waals surface area contributed by atoms with Crippen molar-refractivity contribution >= 4 is 32.6 Å². The van der Waals surface area contributed by atoms with E-state index in [-0.39, 0.29) is 18.6 Å². The summed E-state index contributed by atoms with van der Waals surface area (Å²) >= 11 is 3.56. The zero-order valence-electron chi connectivity index (χ0n) is 13.3. The Morgan fingerprint density at radius 1 is 1.04 bits per heavy atom. The van der Waals surface area contributed by atoms with Gasteiger partial charge >= 0.3 is 0 Å². The van der Waals surface area contributed by atoms with E-state index in [1.54, 1.807) is 0 Å². The highest BCUT2D eigenvalue weighted by atomic mass is 79.9. The molecule has 24 heavy (non-hydrogen) atoms. The lowest BCUT2D eigenvalue weighted by Crippen LogP contribution is -2.31. The highest BCUT2D eigenvalue weighted by molar-refractivity contribution is 9.10. The van der Waals surface area contributed by atoms with Crippen molar-refractivity contribution in [3.63, 3.8) is 0 Å². The highest BCUT2D eigenvalue weighted by Gasteiger charge is 2.11. The molecule has 1 unspecified atom stereocenters. The molecule has 0 radical (unpaired) electrons. The Bertz CT molecular complexity index is 849. The first-order valence-electron chi connectivity index (χ1n) is 7.79. The number of benzene rings is 3. The molecule has 0 bridgehead atoms. The fourth-order valence-corrected chi connectivity index (χ4v) is 3.18. The first-order valence-corrected chi connectivity index (χ1v) is 8.59. The lowest BCUT2D eigenvalue weighted by atomic mass is 10.1. The molecular weight excluding hydrogens is 366 g/mol. The SMILES string of the molecule is CC(NC(=O)COc1ccc2ccccc2c1Br)c1ccccc1. The number of hydrogen-bond donors (Lipinski definition) is 1. The number of rotatable bonds is 5. The van der Waals surface area contributed by atoms with Crippen molar-refractivity contribution in [1.29, 1.82) is 0 Å². The molecule has 1 atom stereocenters. The lowest BCUT2D eigenvalue weighted by molar-refractivity contribution is -0.123. The van der Waals surface area contributed by atoms with E-state index in [0.29, 0.717) is 5.75 Å². The molecular formula is C20H18BrNO2. The van der Waals surface area contributed by atoms with Crippen molar-refractivity contribution < 1.29 is 9.53 Å². The maximum absolute atomic E-state index is 12.1. The summed E-state index contributed by atoms with van der Waals surface area (Å²) in [6.45, 7) is 1.94. The molecule has 122 valence electrons. The molecule has 0 aliphatic rings. The Hall–Kier alpha value is -2.33. The number of halogens is 1. The van der Waals surface area contributed by atoms with Crippen LogP contribution in [0.4, 0.5) is 0 Å². The maximum atomic E-state index is 12.1. The molecule has 1 amide bonds. The molecule has 3 nitrogen and oxygen atoms in total. The van der Waals surface area contributed by atoms with E-state index in [0.717, 1.165) is 20.8 Å². The van der Waals surface area contributed by atoms with Crippen LogP contribution >= 0.6 is 15.9 Å². The van der Waals surface area contributed by atoms with E-state index in [4.69, 9.17) is 4.74 Å². The molecule has 3 aromatic carbocycles. The van der Waals surface area contributed by atoms with Crippen LogP contribution in [0.2, 0.25) is 0 Å². The average molecular weight is 384 g/mol. The Morgan fingerprint density at radius 3 is 2.54 bits per heavy atom. The molecule has 0 spiro atoms. The largest absolute Gasteiger partial charge is 0.483 e. The molecule has 0 aromatic heterocycles. The van der Waals surface area contributed by atoms with E-state index in [2.05, 4.69) is 21.2 Å². The van der Waals surface area contributed by atoms with Crippen LogP contribution in [-0.4, -0.2) is 12.5 Å². The van der Waals surface area contributed by atoms with Gasteiger partial charge in [0, 0.05) is 0 Å².